The van der Waals surface area contributed by atoms with Crippen molar-refractivity contribution in [2.45, 2.75) is 27.7 Å². The van der Waals surface area contributed by atoms with Crippen LogP contribution in [0.5, 0.6) is 0 Å². The Kier molecular flexibility index (Phi) is 11.3. The summed E-state index contributed by atoms with van der Waals surface area (Å²) in [6.45, 7) is 8.58. The Labute approximate surface area is 335 Å². The Morgan fingerprint density at radius 1 is 0.509 bits per heavy atom. The first kappa shape index (κ1) is 37.9. The minimum Gasteiger partial charge on any atom is -0.477 e. The lowest BCUT2D eigenvalue weighted by Gasteiger charge is -2.27. The van der Waals surface area contributed by atoms with E-state index >= 15 is 0 Å². The Balaban J connectivity index is 1.14. The number of benzene rings is 7. The number of nitriles is 1. The van der Waals surface area contributed by atoms with Crippen molar-refractivity contribution in [2.24, 2.45) is 0 Å². The third-order valence-electron chi connectivity index (χ3n) is 10.2. The molecular formula is C52H43N3O2. The van der Waals surface area contributed by atoms with Crippen LogP contribution in [0, 0.1) is 39.0 Å². The van der Waals surface area contributed by atoms with E-state index in [-0.39, 0.29) is 5.57 Å². The lowest BCUT2D eigenvalue weighted by atomic mass is 10.0. The number of nitrogens with zero attached hydrogens (tertiary/aromatic N) is 3. The molecule has 0 spiro atoms. The fraction of sp³-hybridized carbons (Fsp3) is 0.0769. The quantitative estimate of drug-likeness (QED) is 0.0812. The average Bonchev–Trinajstić information content (AvgIpc) is 3.23. The summed E-state index contributed by atoms with van der Waals surface area (Å²) in [5, 5.41) is 18.2. The van der Waals surface area contributed by atoms with Crippen LogP contribution in [0.4, 0.5) is 34.1 Å². The first-order valence-electron chi connectivity index (χ1n) is 18.9. The number of aliphatic carboxylic acids is 1. The first-order chi connectivity index (χ1) is 27.7. The molecule has 0 saturated heterocycles. The smallest absolute Gasteiger partial charge is 0.346 e. The number of rotatable bonds is 11. The summed E-state index contributed by atoms with van der Waals surface area (Å²) >= 11 is 0. The summed E-state index contributed by atoms with van der Waals surface area (Å²) in [7, 11) is 0. The third-order valence-corrected chi connectivity index (χ3v) is 10.2. The molecule has 0 aliphatic rings. The zero-order valence-corrected chi connectivity index (χ0v) is 32.5. The number of aryl methyl sites for hydroxylation is 4. The Bertz CT molecular complexity index is 2620. The molecule has 0 aliphatic heterocycles. The SMILES string of the molecule is Cc1ccc(N(c2ccccc2)c2ccc(-c3ccc(N(c4ccc(/C=C/c5ccc(/C=C(\C#N)C(=O)O)cc5)cc4)c4ccc(C)c(C)c4)cc3)cc2)c(C)c1. The number of hydrogen-bond donors (Lipinski definition) is 1. The van der Waals surface area contributed by atoms with E-state index in [1.165, 1.54) is 28.3 Å². The van der Waals surface area contributed by atoms with Gasteiger partial charge in [-0.3, -0.25) is 0 Å². The number of hydrogen-bond acceptors (Lipinski definition) is 4. The summed E-state index contributed by atoms with van der Waals surface area (Å²) in [5.41, 5.74) is 16.2. The van der Waals surface area contributed by atoms with Crippen LogP contribution in [-0.2, 0) is 4.79 Å². The molecule has 57 heavy (non-hydrogen) atoms. The zero-order valence-electron chi connectivity index (χ0n) is 32.5. The van der Waals surface area contributed by atoms with Gasteiger partial charge in [0, 0.05) is 34.1 Å². The fourth-order valence-corrected chi connectivity index (χ4v) is 6.92. The maximum Gasteiger partial charge on any atom is 0.346 e. The topological polar surface area (TPSA) is 67.6 Å². The van der Waals surface area contributed by atoms with Crippen molar-refractivity contribution in [3.05, 3.63) is 208 Å². The number of para-hydroxylation sites is 1. The summed E-state index contributed by atoms with van der Waals surface area (Å²) in [6, 6.07) is 58.9. The molecule has 5 nitrogen and oxygen atoms in total. The summed E-state index contributed by atoms with van der Waals surface area (Å²) in [6.07, 6.45) is 5.43. The van der Waals surface area contributed by atoms with Crippen LogP contribution in [-0.4, -0.2) is 11.1 Å². The number of carbonyl (C=O) groups is 1. The number of carboxylic acid groups (broad SMARTS) is 1. The van der Waals surface area contributed by atoms with E-state index in [9.17, 15) is 4.79 Å². The molecule has 0 amide bonds. The average molecular weight is 742 g/mol. The highest BCUT2D eigenvalue weighted by Gasteiger charge is 2.16. The molecule has 7 aromatic rings. The minimum atomic E-state index is -1.24. The molecular weight excluding hydrogens is 699 g/mol. The van der Waals surface area contributed by atoms with Gasteiger partial charge in [-0.05, 0) is 145 Å². The molecule has 0 radical (unpaired) electrons. The van der Waals surface area contributed by atoms with Gasteiger partial charge in [0.15, 0.2) is 0 Å². The maximum absolute atomic E-state index is 11.2. The molecule has 0 heterocycles. The van der Waals surface area contributed by atoms with Crippen LogP contribution in [0.25, 0.3) is 29.4 Å². The fourth-order valence-electron chi connectivity index (χ4n) is 6.92. The summed E-state index contributed by atoms with van der Waals surface area (Å²) < 4.78 is 0. The van der Waals surface area contributed by atoms with Gasteiger partial charge in [0.05, 0.1) is 0 Å². The van der Waals surface area contributed by atoms with E-state index in [2.05, 4.69) is 177 Å². The van der Waals surface area contributed by atoms with E-state index in [0.29, 0.717) is 5.56 Å². The zero-order chi connectivity index (χ0) is 39.9. The molecule has 0 saturated carbocycles. The second-order valence-electron chi connectivity index (χ2n) is 14.2. The highest BCUT2D eigenvalue weighted by molar-refractivity contribution is 5.96. The standard InChI is InChI=1S/C52H43N3O2/c1-36-10-31-51(39(4)32-36)55(46-8-6-5-7-9-46)49-29-22-44(23-30-49)43-20-27-48(28-21-43)54(50-24-11-37(2)38(3)33-50)47-25-18-41(19-26-47)13-12-40-14-16-42(17-15-40)34-45(35-53)52(56)57/h5-34H,1-4H3,(H,56,57)/b13-12+,45-34+. The molecule has 0 aromatic heterocycles. The van der Waals surface area contributed by atoms with Crippen LogP contribution in [0.3, 0.4) is 0 Å². The van der Waals surface area contributed by atoms with Crippen molar-refractivity contribution in [2.75, 3.05) is 9.80 Å². The highest BCUT2D eigenvalue weighted by atomic mass is 16.4. The van der Waals surface area contributed by atoms with Crippen molar-refractivity contribution in [1.82, 2.24) is 0 Å². The van der Waals surface area contributed by atoms with Gasteiger partial charge in [0.25, 0.3) is 0 Å². The van der Waals surface area contributed by atoms with Crippen LogP contribution >= 0.6 is 0 Å². The van der Waals surface area contributed by atoms with Crippen LogP contribution in [0.15, 0.2) is 169 Å². The molecule has 0 bridgehead atoms. The van der Waals surface area contributed by atoms with Gasteiger partial charge in [0.2, 0.25) is 0 Å². The van der Waals surface area contributed by atoms with Gasteiger partial charge in [-0.1, -0.05) is 115 Å². The van der Waals surface area contributed by atoms with Gasteiger partial charge < -0.3 is 14.9 Å². The van der Waals surface area contributed by atoms with Gasteiger partial charge >= 0.3 is 5.97 Å². The third kappa shape index (κ3) is 8.78. The number of carboxylic acids is 1. The van der Waals surface area contributed by atoms with Crippen molar-refractivity contribution in [3.63, 3.8) is 0 Å². The molecule has 7 rings (SSSR count). The lowest BCUT2D eigenvalue weighted by molar-refractivity contribution is -0.132. The predicted molar refractivity (Wildman–Crippen MR) is 237 cm³/mol. The maximum atomic E-state index is 11.2. The van der Waals surface area contributed by atoms with Crippen molar-refractivity contribution >= 4 is 58.3 Å². The normalized spacial score (nSPS) is 11.3. The summed E-state index contributed by atoms with van der Waals surface area (Å²) in [4.78, 5) is 15.8. The van der Waals surface area contributed by atoms with Crippen LogP contribution in [0.2, 0.25) is 0 Å². The molecule has 0 aliphatic carbocycles. The minimum absolute atomic E-state index is 0.297. The largest absolute Gasteiger partial charge is 0.477 e. The van der Waals surface area contributed by atoms with Crippen LogP contribution in [0.1, 0.15) is 38.9 Å². The molecule has 0 atom stereocenters. The van der Waals surface area contributed by atoms with Gasteiger partial charge in [-0.15, -0.1) is 0 Å². The second kappa shape index (κ2) is 16.9. The van der Waals surface area contributed by atoms with Crippen LogP contribution < -0.4 is 9.80 Å². The lowest BCUT2D eigenvalue weighted by Crippen LogP contribution is -2.11. The van der Waals surface area contributed by atoms with Gasteiger partial charge in [0.1, 0.15) is 11.6 Å². The van der Waals surface area contributed by atoms with E-state index in [0.717, 1.165) is 56.4 Å². The molecule has 7 aromatic carbocycles. The monoisotopic (exact) mass is 741 g/mol. The highest BCUT2D eigenvalue weighted by Crippen LogP contribution is 2.39. The van der Waals surface area contributed by atoms with Crippen molar-refractivity contribution in [3.8, 4) is 17.2 Å². The molecule has 278 valence electrons. The van der Waals surface area contributed by atoms with Gasteiger partial charge in [-0.25, -0.2) is 4.79 Å². The van der Waals surface area contributed by atoms with E-state index in [1.807, 2.05) is 24.3 Å². The van der Waals surface area contributed by atoms with E-state index < -0.39 is 5.97 Å². The Hall–Kier alpha value is -7.42. The predicted octanol–water partition coefficient (Wildman–Crippen LogP) is 13.7. The van der Waals surface area contributed by atoms with Crippen molar-refractivity contribution in [1.29, 1.82) is 5.26 Å². The second-order valence-corrected chi connectivity index (χ2v) is 14.2. The van der Waals surface area contributed by atoms with Gasteiger partial charge in [-0.2, -0.15) is 5.26 Å². The molecule has 0 unspecified atom stereocenters. The molecule has 0 fully saturated rings. The first-order valence-corrected chi connectivity index (χ1v) is 18.9. The number of anilines is 6. The van der Waals surface area contributed by atoms with E-state index in [1.54, 1.807) is 18.2 Å². The van der Waals surface area contributed by atoms with E-state index in [4.69, 9.17) is 10.4 Å². The molecule has 5 heteroatoms. The molecule has 1 N–H and O–H groups in total. The Morgan fingerprint density at radius 3 is 1.53 bits per heavy atom. The van der Waals surface area contributed by atoms with Crippen molar-refractivity contribution < 1.29 is 9.90 Å². The Morgan fingerprint density at radius 2 is 1.00 bits per heavy atom. The summed E-state index contributed by atoms with van der Waals surface area (Å²) in [5.74, 6) is -1.24.